The third-order valence-corrected chi connectivity index (χ3v) is 9.28. The Hall–Kier alpha value is -4.22. The minimum Gasteiger partial charge on any atom is -0.487 e. The first kappa shape index (κ1) is 31.7. The molecular weight excluding hydrogens is 607 g/mol. The van der Waals surface area contributed by atoms with Crippen LogP contribution in [0.15, 0.2) is 48.7 Å². The van der Waals surface area contributed by atoms with E-state index in [4.69, 9.17) is 9.72 Å². The molecule has 2 aromatic carbocycles. The van der Waals surface area contributed by atoms with E-state index in [1.807, 2.05) is 4.57 Å². The fourth-order valence-electron chi connectivity index (χ4n) is 6.71. The van der Waals surface area contributed by atoms with E-state index in [1.165, 1.54) is 12.1 Å². The highest BCUT2D eigenvalue weighted by Gasteiger charge is 2.41. The van der Waals surface area contributed by atoms with E-state index in [9.17, 15) is 27.5 Å². The number of pyridine rings is 1. The van der Waals surface area contributed by atoms with Gasteiger partial charge in [-0.15, -0.1) is 0 Å². The van der Waals surface area contributed by atoms with E-state index in [0.29, 0.717) is 52.3 Å². The second kappa shape index (κ2) is 12.9. The van der Waals surface area contributed by atoms with Gasteiger partial charge in [-0.25, -0.2) is 13.8 Å². The van der Waals surface area contributed by atoms with Gasteiger partial charge in [0.25, 0.3) is 0 Å². The number of aliphatic carboxylic acids is 1. The molecular formula is C34H35F5N4O3. The van der Waals surface area contributed by atoms with Gasteiger partial charge in [0.15, 0.2) is 0 Å². The largest absolute Gasteiger partial charge is 0.487 e. The average Bonchev–Trinajstić information content (AvgIpc) is 3.38. The molecule has 0 radical (unpaired) electrons. The summed E-state index contributed by atoms with van der Waals surface area (Å²) in [6.07, 6.45) is 0.0164. The number of fused-ring (bicyclic) bond motifs is 1. The Bertz CT molecular complexity index is 1730. The van der Waals surface area contributed by atoms with E-state index < -0.39 is 35.6 Å². The van der Waals surface area contributed by atoms with Crippen molar-refractivity contribution in [2.24, 2.45) is 11.8 Å². The summed E-state index contributed by atoms with van der Waals surface area (Å²) in [5, 5.41) is 10.0. The number of carboxylic acid groups (broad SMARTS) is 1. The van der Waals surface area contributed by atoms with E-state index in [0.717, 1.165) is 12.8 Å². The van der Waals surface area contributed by atoms with Crippen molar-refractivity contribution in [2.75, 3.05) is 18.0 Å². The van der Waals surface area contributed by atoms with Gasteiger partial charge in [0.05, 0.1) is 29.4 Å². The van der Waals surface area contributed by atoms with Gasteiger partial charge >= 0.3 is 12.1 Å². The van der Waals surface area contributed by atoms with Crippen LogP contribution >= 0.6 is 0 Å². The summed E-state index contributed by atoms with van der Waals surface area (Å²) in [5.74, 6) is -3.31. The molecule has 3 heterocycles. The lowest BCUT2D eigenvalue weighted by Gasteiger charge is -2.34. The molecule has 2 fully saturated rings. The molecule has 4 aromatic rings. The quantitative estimate of drug-likeness (QED) is 0.198. The summed E-state index contributed by atoms with van der Waals surface area (Å²) in [6, 6.07) is 11.2. The zero-order valence-corrected chi connectivity index (χ0v) is 25.4. The molecule has 6 rings (SSSR count). The molecule has 1 aliphatic heterocycles. The number of imidazole rings is 1. The molecule has 2 aliphatic rings. The van der Waals surface area contributed by atoms with Crippen molar-refractivity contribution in [2.45, 2.75) is 70.7 Å². The Morgan fingerprint density at radius 2 is 1.76 bits per heavy atom. The first-order chi connectivity index (χ1) is 22.0. The predicted molar refractivity (Wildman–Crippen MR) is 162 cm³/mol. The highest BCUT2D eigenvalue weighted by Crippen LogP contribution is 2.40. The Morgan fingerprint density at radius 1 is 1.00 bits per heavy atom. The molecule has 2 aromatic heterocycles. The molecule has 1 saturated carbocycles. The number of hydrogen-bond donors (Lipinski definition) is 1. The van der Waals surface area contributed by atoms with Gasteiger partial charge in [-0.3, -0.25) is 9.78 Å². The molecule has 1 N–H and O–H groups in total. The number of anilines is 1. The van der Waals surface area contributed by atoms with E-state index in [1.54, 1.807) is 48.4 Å². The number of carboxylic acids is 1. The minimum atomic E-state index is -4.23. The van der Waals surface area contributed by atoms with Crippen LogP contribution in [-0.4, -0.2) is 44.9 Å². The average molecular weight is 643 g/mol. The van der Waals surface area contributed by atoms with Gasteiger partial charge in [-0.1, -0.05) is 18.9 Å². The van der Waals surface area contributed by atoms with Crippen LogP contribution in [0, 0.1) is 30.4 Å². The predicted octanol–water partition coefficient (Wildman–Crippen LogP) is 7.78. The number of halogens is 5. The third-order valence-electron chi connectivity index (χ3n) is 9.28. The van der Waals surface area contributed by atoms with Crippen molar-refractivity contribution in [3.8, 4) is 5.75 Å². The van der Waals surface area contributed by atoms with Crippen LogP contribution in [0.2, 0.25) is 0 Å². The maximum atomic E-state index is 15.7. The molecule has 12 heteroatoms. The van der Waals surface area contributed by atoms with E-state index >= 15 is 4.39 Å². The number of alkyl halides is 3. The monoisotopic (exact) mass is 642 g/mol. The van der Waals surface area contributed by atoms with Crippen molar-refractivity contribution >= 4 is 22.7 Å². The van der Waals surface area contributed by atoms with Crippen LogP contribution in [0.4, 0.5) is 27.6 Å². The van der Waals surface area contributed by atoms with Crippen LogP contribution in [-0.2, 0) is 17.9 Å². The van der Waals surface area contributed by atoms with Gasteiger partial charge in [0.2, 0.25) is 0 Å². The van der Waals surface area contributed by atoms with Crippen LogP contribution in [0.5, 0.6) is 5.75 Å². The number of nitrogens with zero attached hydrogens (tertiary/aromatic N) is 4. The first-order valence-electron chi connectivity index (χ1n) is 15.5. The number of rotatable bonds is 8. The molecule has 2 atom stereocenters. The lowest BCUT2D eigenvalue weighted by Crippen LogP contribution is -2.39. The first-order valence-corrected chi connectivity index (χ1v) is 15.5. The summed E-state index contributed by atoms with van der Waals surface area (Å²) in [4.78, 5) is 23.0. The lowest BCUT2D eigenvalue weighted by atomic mass is 9.78. The molecule has 1 saturated heterocycles. The fourth-order valence-corrected chi connectivity index (χ4v) is 6.71. The SMILES string of the molecule is Cc1cnc(COc2ccc3nc([C@H]4CCCC[C@H]4C(=O)O)n(Cc4ccc(N5CCC(C(F)(F)F)CC5)cc4F)c3c2)c(F)c1. The summed E-state index contributed by atoms with van der Waals surface area (Å²) < 4.78 is 77.2. The Morgan fingerprint density at radius 3 is 2.46 bits per heavy atom. The summed E-state index contributed by atoms with van der Waals surface area (Å²) in [6.45, 7) is 2.04. The van der Waals surface area contributed by atoms with Crippen LogP contribution < -0.4 is 9.64 Å². The molecule has 7 nitrogen and oxygen atoms in total. The molecule has 1 aliphatic carbocycles. The van der Waals surface area contributed by atoms with Crippen molar-refractivity contribution in [3.05, 3.63) is 82.9 Å². The second-order valence-corrected chi connectivity index (χ2v) is 12.4. The summed E-state index contributed by atoms with van der Waals surface area (Å²) in [7, 11) is 0. The van der Waals surface area contributed by atoms with Gasteiger partial charge in [-0.05, 0) is 68.5 Å². The number of aryl methyl sites for hydroxylation is 1. The zero-order chi connectivity index (χ0) is 32.6. The van der Waals surface area contributed by atoms with Gasteiger partial charge in [-0.2, -0.15) is 13.2 Å². The maximum Gasteiger partial charge on any atom is 0.391 e. The zero-order valence-electron chi connectivity index (χ0n) is 25.4. The van der Waals surface area contributed by atoms with Gasteiger partial charge in [0.1, 0.15) is 35.5 Å². The standard InChI is InChI=1S/C34H35F5N4O3/c1-20-14-28(36)30(40-17-20)19-46-24-8-9-29-31(16-24)43(32(41-29)25-4-2-3-5-26(25)33(44)45)18-21-6-7-23(15-27(21)35)42-12-10-22(11-13-42)34(37,38)39/h6-9,14-17,22,25-26H,2-5,10-13,18-19H2,1H3,(H,44,45)/t25-,26+/m0/s1. The van der Waals surface area contributed by atoms with E-state index in [2.05, 4.69) is 4.98 Å². The van der Waals surface area contributed by atoms with Crippen LogP contribution in [0.1, 0.15) is 67.1 Å². The Labute approximate surface area is 263 Å². The fraction of sp³-hybridized carbons (Fsp3) is 0.441. The number of piperidine rings is 1. The Balaban J connectivity index is 1.31. The van der Waals surface area contributed by atoms with Gasteiger partial charge < -0.3 is 19.3 Å². The maximum absolute atomic E-state index is 15.7. The van der Waals surface area contributed by atoms with Crippen LogP contribution in [0.25, 0.3) is 11.0 Å². The van der Waals surface area contributed by atoms with Crippen molar-refractivity contribution in [1.29, 1.82) is 0 Å². The highest BCUT2D eigenvalue weighted by molar-refractivity contribution is 5.79. The smallest absolute Gasteiger partial charge is 0.391 e. The molecule has 244 valence electrons. The third kappa shape index (κ3) is 6.66. The number of ether oxygens (including phenoxy) is 1. The van der Waals surface area contributed by atoms with E-state index in [-0.39, 0.29) is 50.7 Å². The lowest BCUT2D eigenvalue weighted by molar-refractivity contribution is -0.179. The highest BCUT2D eigenvalue weighted by atomic mass is 19.4. The molecule has 46 heavy (non-hydrogen) atoms. The number of hydrogen-bond acceptors (Lipinski definition) is 5. The van der Waals surface area contributed by atoms with Crippen LogP contribution in [0.3, 0.4) is 0 Å². The topological polar surface area (TPSA) is 80.5 Å². The Kier molecular flexibility index (Phi) is 8.89. The second-order valence-electron chi connectivity index (χ2n) is 12.4. The molecule has 0 unspecified atom stereocenters. The molecule has 0 amide bonds. The minimum absolute atomic E-state index is 0.0413. The van der Waals surface area contributed by atoms with Crippen molar-refractivity contribution < 1.29 is 36.6 Å². The summed E-state index contributed by atoms with van der Waals surface area (Å²) >= 11 is 0. The van der Waals surface area contributed by atoms with Crippen molar-refractivity contribution in [1.82, 2.24) is 14.5 Å². The summed E-state index contributed by atoms with van der Waals surface area (Å²) in [5.41, 5.74) is 2.88. The molecule has 0 bridgehead atoms. The number of aromatic nitrogens is 3. The number of carbonyl (C=O) groups is 1. The number of benzene rings is 2. The van der Waals surface area contributed by atoms with Gasteiger partial charge in [0, 0.05) is 42.5 Å². The van der Waals surface area contributed by atoms with Crippen molar-refractivity contribution in [3.63, 3.8) is 0 Å². The molecule has 0 spiro atoms. The normalized spacial score (nSPS) is 19.5.